The van der Waals surface area contributed by atoms with E-state index in [9.17, 15) is 13.6 Å². The smallest absolute Gasteiger partial charge is 0.154 e. The first kappa shape index (κ1) is 30.4. The van der Waals surface area contributed by atoms with E-state index in [0.717, 1.165) is 11.6 Å². The minimum absolute atomic E-state index is 0.0135. The van der Waals surface area contributed by atoms with Gasteiger partial charge in [-0.3, -0.25) is 9.98 Å². The van der Waals surface area contributed by atoms with E-state index in [1.807, 2.05) is 51.9 Å². The van der Waals surface area contributed by atoms with Crippen LogP contribution < -0.4 is 4.90 Å². The summed E-state index contributed by atoms with van der Waals surface area (Å²) in [5.74, 6) is 0.585. The monoisotopic (exact) mass is 539 g/mol. The minimum atomic E-state index is -0.861. The van der Waals surface area contributed by atoms with Crippen molar-refractivity contribution in [1.29, 1.82) is 0 Å². The highest BCUT2D eigenvalue weighted by molar-refractivity contribution is 6.34. The van der Waals surface area contributed by atoms with Gasteiger partial charge < -0.3 is 9.64 Å². The van der Waals surface area contributed by atoms with Gasteiger partial charge in [0.2, 0.25) is 0 Å². The lowest BCUT2D eigenvalue weighted by Crippen LogP contribution is -2.26. The molecule has 2 heterocycles. The highest BCUT2D eigenvalue weighted by Crippen LogP contribution is 2.37. The number of carbonyl (C=O) groups excluding carboxylic acids is 1. The highest BCUT2D eigenvalue weighted by atomic mass is 35.5. The van der Waals surface area contributed by atoms with Crippen LogP contribution in [0.5, 0.6) is 0 Å². The number of aliphatic imine (C=N–C) groups is 1. The molecule has 0 aliphatic carbocycles. The molecule has 1 aromatic heterocycles. The molecule has 0 aromatic carbocycles. The second-order valence-electron chi connectivity index (χ2n) is 8.81. The average molecular weight is 540 g/mol. The third-order valence-corrected chi connectivity index (χ3v) is 5.92. The fraction of sp³-hybridized carbons (Fsp3) is 0.267. The molecule has 0 atom stereocenters. The molecule has 0 amide bonds. The molecule has 8 heteroatoms. The average Bonchev–Trinajstić information content (AvgIpc) is 2.88. The molecule has 200 valence electrons. The summed E-state index contributed by atoms with van der Waals surface area (Å²) in [5, 5.41) is -0.0179. The summed E-state index contributed by atoms with van der Waals surface area (Å²) in [6.07, 6.45) is 8.84. The molecule has 5 nitrogen and oxygen atoms in total. The Morgan fingerprint density at radius 3 is 2.55 bits per heavy atom. The molecule has 0 saturated heterocycles. The van der Waals surface area contributed by atoms with Crippen molar-refractivity contribution in [2.75, 3.05) is 11.5 Å². The zero-order valence-electron chi connectivity index (χ0n) is 22.5. The lowest BCUT2D eigenvalue weighted by atomic mass is 10.1. The quantitative estimate of drug-likeness (QED) is 0.171. The van der Waals surface area contributed by atoms with Gasteiger partial charge in [-0.25, -0.2) is 13.6 Å². The van der Waals surface area contributed by atoms with Gasteiger partial charge in [0.15, 0.2) is 11.6 Å². The third kappa shape index (κ3) is 7.37. The van der Waals surface area contributed by atoms with Gasteiger partial charge in [0, 0.05) is 35.3 Å². The number of halogens is 3. The molecule has 0 fully saturated rings. The first-order valence-electron chi connectivity index (χ1n) is 12.0. The molecule has 0 radical (unpaired) electrons. The fourth-order valence-corrected chi connectivity index (χ4v) is 3.50. The summed E-state index contributed by atoms with van der Waals surface area (Å²) in [5.41, 5.74) is 3.86. The van der Waals surface area contributed by atoms with Crippen molar-refractivity contribution in [3.05, 3.63) is 112 Å². The second kappa shape index (κ2) is 13.7. The SMILES string of the molecule is C=C(COC1=C(Cl)C(=C=O)N(c2cc(C(/C=C\C)=NC(=C)C(C)C)ncc2C)C(C)=C1)/C(F)=C\C(F)=C/C. The highest BCUT2D eigenvalue weighted by Gasteiger charge is 2.28. The lowest BCUT2D eigenvalue weighted by molar-refractivity contribution is 0.249. The van der Waals surface area contributed by atoms with E-state index >= 15 is 0 Å². The van der Waals surface area contributed by atoms with E-state index in [4.69, 9.17) is 16.3 Å². The van der Waals surface area contributed by atoms with Crippen LogP contribution in [-0.4, -0.2) is 23.2 Å². The van der Waals surface area contributed by atoms with Gasteiger partial charge in [-0.05, 0) is 51.3 Å². The Morgan fingerprint density at radius 2 is 1.97 bits per heavy atom. The second-order valence-corrected chi connectivity index (χ2v) is 9.19. The zero-order chi connectivity index (χ0) is 28.6. The number of pyridine rings is 1. The maximum atomic E-state index is 14.1. The molecule has 0 N–H and O–H groups in total. The van der Waals surface area contributed by atoms with Gasteiger partial charge in [0.25, 0.3) is 0 Å². The predicted octanol–water partition coefficient (Wildman–Crippen LogP) is 8.11. The summed E-state index contributed by atoms with van der Waals surface area (Å²) < 4.78 is 33.1. The van der Waals surface area contributed by atoms with E-state index < -0.39 is 11.7 Å². The van der Waals surface area contributed by atoms with E-state index in [-0.39, 0.29) is 34.6 Å². The number of nitrogens with zero attached hydrogens (tertiary/aromatic N) is 3. The third-order valence-electron chi connectivity index (χ3n) is 5.55. The van der Waals surface area contributed by atoms with E-state index in [1.54, 1.807) is 24.1 Å². The number of aromatic nitrogens is 1. The largest absolute Gasteiger partial charge is 0.487 e. The molecule has 1 aliphatic rings. The molecule has 38 heavy (non-hydrogen) atoms. The summed E-state index contributed by atoms with van der Waals surface area (Å²) in [4.78, 5) is 22.9. The van der Waals surface area contributed by atoms with E-state index in [2.05, 4.69) is 23.1 Å². The normalized spacial score (nSPS) is 15.3. The molecule has 0 saturated carbocycles. The fourth-order valence-electron chi connectivity index (χ4n) is 3.27. The van der Waals surface area contributed by atoms with Crippen molar-refractivity contribution in [1.82, 2.24) is 4.98 Å². The molecule has 0 spiro atoms. The Kier molecular flexibility index (Phi) is 10.9. The number of hydrogen-bond donors (Lipinski definition) is 0. The van der Waals surface area contributed by atoms with Crippen LogP contribution in [0.4, 0.5) is 14.5 Å². The first-order chi connectivity index (χ1) is 17.9. The Morgan fingerprint density at radius 1 is 1.29 bits per heavy atom. The summed E-state index contributed by atoms with van der Waals surface area (Å²) in [7, 11) is 0. The summed E-state index contributed by atoms with van der Waals surface area (Å²) in [6, 6.07) is 1.81. The lowest BCUT2D eigenvalue weighted by Gasteiger charge is -2.31. The van der Waals surface area contributed by atoms with Crippen molar-refractivity contribution < 1.29 is 18.3 Å². The van der Waals surface area contributed by atoms with Crippen molar-refractivity contribution in [3.63, 3.8) is 0 Å². The predicted molar refractivity (Wildman–Crippen MR) is 152 cm³/mol. The van der Waals surface area contributed by atoms with E-state index in [1.165, 1.54) is 6.92 Å². The van der Waals surface area contributed by atoms with Gasteiger partial charge in [0.05, 0.1) is 17.1 Å². The Bertz CT molecular complexity index is 1360. The van der Waals surface area contributed by atoms with Crippen LogP contribution in [0.1, 0.15) is 45.9 Å². The van der Waals surface area contributed by atoms with Crippen molar-refractivity contribution in [2.45, 2.75) is 41.5 Å². The molecule has 1 aliphatic heterocycles. The number of ether oxygens (including phenoxy) is 1. The Balaban J connectivity index is 2.47. The maximum Gasteiger partial charge on any atom is 0.154 e. The van der Waals surface area contributed by atoms with Gasteiger partial charge in [-0.1, -0.05) is 50.8 Å². The summed E-state index contributed by atoms with van der Waals surface area (Å²) in [6.45, 7) is 18.3. The van der Waals surface area contributed by atoms with Crippen LogP contribution in [0.3, 0.4) is 0 Å². The zero-order valence-corrected chi connectivity index (χ0v) is 23.3. The van der Waals surface area contributed by atoms with Crippen LogP contribution >= 0.6 is 11.6 Å². The van der Waals surface area contributed by atoms with Gasteiger partial charge in [-0.15, -0.1) is 0 Å². The minimum Gasteiger partial charge on any atom is -0.487 e. The Labute approximate surface area is 228 Å². The summed E-state index contributed by atoms with van der Waals surface area (Å²) >= 11 is 6.54. The van der Waals surface area contributed by atoms with Gasteiger partial charge >= 0.3 is 0 Å². The van der Waals surface area contributed by atoms with Crippen LogP contribution in [0, 0.1) is 12.8 Å². The van der Waals surface area contributed by atoms with Crippen LogP contribution in [0.2, 0.25) is 0 Å². The number of hydrogen-bond acceptors (Lipinski definition) is 5. The number of aryl methyl sites for hydroxylation is 1. The molecule has 0 unspecified atom stereocenters. The standard InChI is InChI=1S/C30H32ClF2N3O2/c1-9-11-25(35-22(8)18(3)4)26-14-27(19(5)15-34-26)36-21(7)12-29(30(31)28(36)16-37)38-17-20(6)24(33)13-23(32)10-2/h9-15,18H,6,8,17H2,1-5,7H3/b11-9-,23-10+,24-13+,35-25?. The molecule has 0 bridgehead atoms. The molecule has 2 rings (SSSR count). The van der Waals surface area contributed by atoms with Crippen LogP contribution in [0.15, 0.2) is 106 Å². The van der Waals surface area contributed by atoms with Crippen molar-refractivity contribution in [3.8, 4) is 0 Å². The van der Waals surface area contributed by atoms with E-state index in [0.29, 0.717) is 34.6 Å². The number of rotatable bonds is 10. The molecular formula is C30H32ClF2N3O2. The molecule has 1 aromatic rings. The maximum absolute atomic E-state index is 14.1. The van der Waals surface area contributed by atoms with Crippen molar-refractivity contribution >= 4 is 28.9 Å². The van der Waals surface area contributed by atoms with Gasteiger partial charge in [0.1, 0.15) is 29.1 Å². The number of anilines is 1. The molecular weight excluding hydrogens is 508 g/mol. The topological polar surface area (TPSA) is 54.8 Å². The van der Waals surface area contributed by atoms with Crippen LogP contribution in [0.25, 0.3) is 0 Å². The van der Waals surface area contributed by atoms with Gasteiger partial charge in [-0.2, -0.15) is 0 Å². The Hall–Kier alpha value is -3.80. The number of allylic oxidation sites excluding steroid dienone is 9. The van der Waals surface area contributed by atoms with Crippen LogP contribution in [-0.2, 0) is 9.53 Å². The van der Waals surface area contributed by atoms with Crippen molar-refractivity contribution in [2.24, 2.45) is 10.9 Å². The first-order valence-corrected chi connectivity index (χ1v) is 12.3.